The second-order valence-corrected chi connectivity index (χ2v) is 7.06. The van der Waals surface area contributed by atoms with E-state index >= 15 is 0 Å². The van der Waals surface area contributed by atoms with Crippen molar-refractivity contribution < 1.29 is 9.90 Å². The Bertz CT molecular complexity index is 330. The van der Waals surface area contributed by atoms with Gasteiger partial charge in [-0.1, -0.05) is 13.3 Å². The molecule has 2 atom stereocenters. The van der Waals surface area contributed by atoms with Gasteiger partial charge in [-0.15, -0.1) is 0 Å². The molecule has 2 fully saturated rings. The van der Waals surface area contributed by atoms with Gasteiger partial charge < -0.3 is 20.6 Å². The quantitative estimate of drug-likeness (QED) is 0.702. The van der Waals surface area contributed by atoms with E-state index in [-0.39, 0.29) is 12.1 Å². The Balaban J connectivity index is 1.54. The zero-order valence-corrected chi connectivity index (χ0v) is 14.0. The molecule has 1 aliphatic heterocycles. The van der Waals surface area contributed by atoms with Gasteiger partial charge >= 0.3 is 6.03 Å². The van der Waals surface area contributed by atoms with Crippen molar-refractivity contribution in [2.45, 2.75) is 58.0 Å². The lowest BCUT2D eigenvalue weighted by Crippen LogP contribution is -2.43. The van der Waals surface area contributed by atoms with Crippen molar-refractivity contribution in [2.75, 3.05) is 32.7 Å². The highest BCUT2D eigenvalue weighted by molar-refractivity contribution is 5.73. The summed E-state index contributed by atoms with van der Waals surface area (Å²) >= 11 is 0. The van der Waals surface area contributed by atoms with Gasteiger partial charge in [0.05, 0.1) is 6.10 Å². The van der Waals surface area contributed by atoms with Crippen LogP contribution in [-0.2, 0) is 0 Å². The highest BCUT2D eigenvalue weighted by atomic mass is 16.3. The molecule has 0 spiro atoms. The van der Waals surface area contributed by atoms with Gasteiger partial charge in [0.15, 0.2) is 0 Å². The van der Waals surface area contributed by atoms with E-state index in [0.717, 1.165) is 32.2 Å². The fraction of sp³-hybridized carbons (Fsp3) is 0.941. The Morgan fingerprint density at radius 3 is 2.41 bits per heavy atom. The van der Waals surface area contributed by atoms with Crippen LogP contribution in [0.5, 0.6) is 0 Å². The molecule has 1 heterocycles. The van der Waals surface area contributed by atoms with Crippen molar-refractivity contribution in [3.05, 3.63) is 0 Å². The summed E-state index contributed by atoms with van der Waals surface area (Å²) in [4.78, 5) is 14.4. The number of aliphatic hydroxyl groups excluding tert-OH is 1. The second kappa shape index (κ2) is 9.36. The maximum Gasteiger partial charge on any atom is 0.314 e. The molecule has 2 aliphatic rings. The number of likely N-dealkylation sites (tertiary alicyclic amines) is 1. The molecule has 0 bridgehead atoms. The summed E-state index contributed by atoms with van der Waals surface area (Å²) in [5, 5.41) is 15.6. The number of aliphatic hydroxyl groups is 1. The summed E-state index contributed by atoms with van der Waals surface area (Å²) in [6, 6.07) is -0.0453. The first kappa shape index (κ1) is 17.5. The average molecular weight is 311 g/mol. The topological polar surface area (TPSA) is 64.6 Å². The Morgan fingerprint density at radius 2 is 1.77 bits per heavy atom. The van der Waals surface area contributed by atoms with Crippen molar-refractivity contribution in [1.82, 2.24) is 15.5 Å². The van der Waals surface area contributed by atoms with Gasteiger partial charge in [0.1, 0.15) is 0 Å². The number of nitrogens with one attached hydrogen (secondary N) is 2. The van der Waals surface area contributed by atoms with E-state index in [1.165, 1.54) is 38.9 Å². The third-order valence-electron chi connectivity index (χ3n) is 5.10. The molecular formula is C17H33N3O2. The highest BCUT2D eigenvalue weighted by Gasteiger charge is 2.21. The molecule has 2 rings (SSSR count). The van der Waals surface area contributed by atoms with Gasteiger partial charge in [-0.25, -0.2) is 4.79 Å². The zero-order chi connectivity index (χ0) is 15.8. The van der Waals surface area contributed by atoms with E-state index in [9.17, 15) is 9.90 Å². The van der Waals surface area contributed by atoms with Crippen molar-refractivity contribution in [1.29, 1.82) is 0 Å². The molecule has 1 saturated carbocycles. The van der Waals surface area contributed by atoms with Gasteiger partial charge in [0, 0.05) is 13.1 Å². The summed E-state index contributed by atoms with van der Waals surface area (Å²) in [6.07, 6.45) is 7.37. The van der Waals surface area contributed by atoms with Gasteiger partial charge in [0.25, 0.3) is 0 Å². The largest absolute Gasteiger partial charge is 0.393 e. The SMILES string of the molecule is CCCN1CCC(CNC(=O)NCC2CCCC(O)C2)CC1. The summed E-state index contributed by atoms with van der Waals surface area (Å²) in [5.74, 6) is 1.06. The number of carbonyl (C=O) groups is 1. The van der Waals surface area contributed by atoms with Crippen LogP contribution in [-0.4, -0.2) is 54.9 Å². The number of urea groups is 1. The monoisotopic (exact) mass is 311 g/mol. The Morgan fingerprint density at radius 1 is 1.09 bits per heavy atom. The molecule has 0 aromatic carbocycles. The van der Waals surface area contributed by atoms with Crippen molar-refractivity contribution >= 4 is 6.03 Å². The van der Waals surface area contributed by atoms with Gasteiger partial charge in [-0.05, 0) is 70.0 Å². The van der Waals surface area contributed by atoms with Crippen LogP contribution in [0.4, 0.5) is 4.79 Å². The summed E-state index contributed by atoms with van der Waals surface area (Å²) in [6.45, 7) is 7.25. The first-order valence-corrected chi connectivity index (χ1v) is 9.09. The van der Waals surface area contributed by atoms with Crippen molar-refractivity contribution in [2.24, 2.45) is 11.8 Å². The maximum atomic E-state index is 11.9. The van der Waals surface area contributed by atoms with Crippen LogP contribution in [0.1, 0.15) is 51.9 Å². The average Bonchev–Trinajstić information content (AvgIpc) is 2.53. The number of hydrogen-bond acceptors (Lipinski definition) is 3. The minimum atomic E-state index is -0.170. The molecule has 3 N–H and O–H groups in total. The molecule has 2 amide bonds. The number of rotatable bonds is 6. The minimum absolute atomic E-state index is 0.0453. The van der Waals surface area contributed by atoms with Gasteiger partial charge in [0.2, 0.25) is 0 Å². The van der Waals surface area contributed by atoms with Crippen LogP contribution >= 0.6 is 0 Å². The van der Waals surface area contributed by atoms with Crippen LogP contribution in [0.15, 0.2) is 0 Å². The van der Waals surface area contributed by atoms with E-state index < -0.39 is 0 Å². The lowest BCUT2D eigenvalue weighted by molar-refractivity contribution is 0.101. The van der Waals surface area contributed by atoms with E-state index in [2.05, 4.69) is 22.5 Å². The van der Waals surface area contributed by atoms with Crippen LogP contribution in [0.25, 0.3) is 0 Å². The number of carbonyl (C=O) groups excluding carboxylic acids is 1. The summed E-state index contributed by atoms with van der Waals surface area (Å²) < 4.78 is 0. The van der Waals surface area contributed by atoms with Gasteiger partial charge in [-0.2, -0.15) is 0 Å². The standard InChI is InChI=1S/C17H33N3O2/c1-2-8-20-9-6-14(7-10-20)12-18-17(22)19-13-15-4-3-5-16(21)11-15/h14-16,21H,2-13H2,1H3,(H2,18,19,22). The predicted octanol–water partition coefficient (Wildman–Crippen LogP) is 1.96. The Hall–Kier alpha value is -0.810. The molecule has 22 heavy (non-hydrogen) atoms. The molecule has 1 aliphatic carbocycles. The number of piperidine rings is 1. The normalized spacial score (nSPS) is 27.5. The molecule has 0 aromatic rings. The van der Waals surface area contributed by atoms with Gasteiger partial charge in [-0.3, -0.25) is 0 Å². The van der Waals surface area contributed by atoms with E-state index in [1.807, 2.05) is 0 Å². The van der Waals surface area contributed by atoms with E-state index in [4.69, 9.17) is 0 Å². The number of hydrogen-bond donors (Lipinski definition) is 3. The lowest BCUT2D eigenvalue weighted by Gasteiger charge is -2.31. The van der Waals surface area contributed by atoms with Crippen molar-refractivity contribution in [3.63, 3.8) is 0 Å². The molecule has 0 aromatic heterocycles. The molecular weight excluding hydrogens is 278 g/mol. The lowest BCUT2D eigenvalue weighted by atomic mass is 9.87. The highest BCUT2D eigenvalue weighted by Crippen LogP contribution is 2.23. The second-order valence-electron chi connectivity index (χ2n) is 7.06. The molecule has 128 valence electrons. The van der Waals surface area contributed by atoms with Crippen LogP contribution in [0, 0.1) is 11.8 Å². The molecule has 5 heteroatoms. The van der Waals surface area contributed by atoms with E-state index in [1.54, 1.807) is 0 Å². The molecule has 5 nitrogen and oxygen atoms in total. The van der Waals surface area contributed by atoms with Crippen LogP contribution in [0.2, 0.25) is 0 Å². The molecule has 1 saturated heterocycles. The minimum Gasteiger partial charge on any atom is -0.393 e. The third kappa shape index (κ3) is 6.13. The zero-order valence-electron chi connectivity index (χ0n) is 14.0. The fourth-order valence-electron chi connectivity index (χ4n) is 3.71. The summed E-state index contributed by atoms with van der Waals surface area (Å²) in [7, 11) is 0. The van der Waals surface area contributed by atoms with E-state index in [0.29, 0.717) is 18.4 Å². The van der Waals surface area contributed by atoms with Crippen LogP contribution in [0.3, 0.4) is 0 Å². The number of amides is 2. The first-order chi connectivity index (χ1) is 10.7. The molecule has 2 unspecified atom stereocenters. The first-order valence-electron chi connectivity index (χ1n) is 9.09. The smallest absolute Gasteiger partial charge is 0.314 e. The number of nitrogens with zero attached hydrogens (tertiary/aromatic N) is 1. The maximum absolute atomic E-state index is 11.9. The Labute approximate surface area is 134 Å². The van der Waals surface area contributed by atoms with Crippen LogP contribution < -0.4 is 10.6 Å². The molecule has 0 radical (unpaired) electrons. The Kier molecular flexibility index (Phi) is 7.46. The fourth-order valence-corrected chi connectivity index (χ4v) is 3.71. The summed E-state index contributed by atoms with van der Waals surface area (Å²) in [5.41, 5.74) is 0. The van der Waals surface area contributed by atoms with Crippen molar-refractivity contribution in [3.8, 4) is 0 Å². The third-order valence-corrected chi connectivity index (χ3v) is 5.10. The predicted molar refractivity (Wildman–Crippen MR) is 88.8 cm³/mol.